The second-order valence-electron chi connectivity index (χ2n) is 11.4. The van der Waals surface area contributed by atoms with Crippen molar-refractivity contribution in [1.29, 1.82) is 0 Å². The molecule has 0 N–H and O–H groups in total. The molecule has 0 amide bonds. The zero-order valence-corrected chi connectivity index (χ0v) is 23.9. The standard InChI is InChI=1S/C42H27NO/c1-2-9-28(10-3-1)31-13-8-14-33(25-31)43(34-20-23-37-32(26-34)18-17-29-11-4-6-15-36(29)37)35-21-24-39-40-22-19-30-12-5-7-16-38(30)42(40)44-41(39)27-35/h1-27H. The number of hydrogen-bond acceptors (Lipinski definition) is 2. The third kappa shape index (κ3) is 3.96. The average molecular weight is 562 g/mol. The van der Waals surface area contributed by atoms with Gasteiger partial charge in [-0.05, 0) is 80.5 Å². The Morgan fingerprint density at radius 1 is 0.341 bits per heavy atom. The minimum Gasteiger partial charge on any atom is -0.455 e. The molecule has 2 heteroatoms. The van der Waals surface area contributed by atoms with Crippen molar-refractivity contribution < 1.29 is 4.42 Å². The molecule has 9 rings (SSSR count). The minimum atomic E-state index is 0.879. The number of rotatable bonds is 4. The Bertz CT molecular complexity index is 2510. The SMILES string of the molecule is c1ccc(-c2cccc(N(c3ccc4c(ccc5ccccc54)c3)c3ccc4c(c3)oc3c5ccccc5ccc43)c2)cc1. The zero-order chi connectivity index (χ0) is 29.0. The predicted molar refractivity (Wildman–Crippen MR) is 186 cm³/mol. The number of hydrogen-bond donors (Lipinski definition) is 0. The van der Waals surface area contributed by atoms with Crippen LogP contribution in [0.5, 0.6) is 0 Å². The predicted octanol–water partition coefficient (Wildman–Crippen LogP) is 12.2. The summed E-state index contributed by atoms with van der Waals surface area (Å²) in [5.41, 5.74) is 7.42. The van der Waals surface area contributed by atoms with E-state index in [1.807, 2.05) is 0 Å². The Hall–Kier alpha value is -5.86. The van der Waals surface area contributed by atoms with Gasteiger partial charge in [0.05, 0.1) is 0 Å². The highest BCUT2D eigenvalue weighted by Crippen LogP contribution is 2.42. The molecule has 0 saturated heterocycles. The molecule has 206 valence electrons. The summed E-state index contributed by atoms with van der Waals surface area (Å²) in [7, 11) is 0. The Balaban J connectivity index is 1.26. The van der Waals surface area contributed by atoms with E-state index in [1.54, 1.807) is 0 Å². The van der Waals surface area contributed by atoms with Crippen molar-refractivity contribution in [2.24, 2.45) is 0 Å². The van der Waals surface area contributed by atoms with E-state index < -0.39 is 0 Å². The summed E-state index contributed by atoms with van der Waals surface area (Å²) in [5, 5.41) is 9.57. The molecular formula is C42H27NO. The third-order valence-corrected chi connectivity index (χ3v) is 8.80. The van der Waals surface area contributed by atoms with Crippen LogP contribution in [0.2, 0.25) is 0 Å². The van der Waals surface area contributed by atoms with Crippen molar-refractivity contribution in [3.8, 4) is 11.1 Å². The van der Waals surface area contributed by atoms with Crippen molar-refractivity contribution in [1.82, 2.24) is 0 Å². The molecular weight excluding hydrogens is 534 g/mol. The summed E-state index contributed by atoms with van der Waals surface area (Å²) >= 11 is 0. The van der Waals surface area contributed by atoms with Crippen LogP contribution in [-0.4, -0.2) is 0 Å². The van der Waals surface area contributed by atoms with Crippen LogP contribution < -0.4 is 4.90 Å². The summed E-state index contributed by atoms with van der Waals surface area (Å²) in [4.78, 5) is 2.34. The van der Waals surface area contributed by atoms with E-state index in [9.17, 15) is 0 Å². The molecule has 44 heavy (non-hydrogen) atoms. The molecule has 0 atom stereocenters. The Morgan fingerprint density at radius 3 is 1.80 bits per heavy atom. The van der Waals surface area contributed by atoms with Crippen LogP contribution in [0.1, 0.15) is 0 Å². The maximum atomic E-state index is 6.61. The van der Waals surface area contributed by atoms with E-state index >= 15 is 0 Å². The van der Waals surface area contributed by atoms with Gasteiger partial charge in [-0.2, -0.15) is 0 Å². The normalized spacial score (nSPS) is 11.6. The Kier molecular flexibility index (Phi) is 5.54. The lowest BCUT2D eigenvalue weighted by Crippen LogP contribution is -2.10. The molecule has 8 aromatic carbocycles. The second kappa shape index (κ2) is 9.86. The molecule has 0 radical (unpaired) electrons. The van der Waals surface area contributed by atoms with Crippen LogP contribution >= 0.6 is 0 Å². The molecule has 1 heterocycles. The number of fused-ring (bicyclic) bond motifs is 8. The molecule has 0 bridgehead atoms. The van der Waals surface area contributed by atoms with Gasteiger partial charge in [0.2, 0.25) is 0 Å². The molecule has 0 aliphatic rings. The lowest BCUT2D eigenvalue weighted by molar-refractivity contribution is 0.672. The molecule has 0 spiro atoms. The van der Waals surface area contributed by atoms with Gasteiger partial charge in [0.1, 0.15) is 11.2 Å². The maximum absolute atomic E-state index is 6.61. The second-order valence-corrected chi connectivity index (χ2v) is 11.4. The van der Waals surface area contributed by atoms with Gasteiger partial charge in [0.15, 0.2) is 0 Å². The van der Waals surface area contributed by atoms with Crippen LogP contribution in [0, 0.1) is 0 Å². The van der Waals surface area contributed by atoms with Gasteiger partial charge in [-0.3, -0.25) is 0 Å². The summed E-state index contributed by atoms with van der Waals surface area (Å²) in [5.74, 6) is 0. The summed E-state index contributed by atoms with van der Waals surface area (Å²) in [6.45, 7) is 0. The van der Waals surface area contributed by atoms with Crippen LogP contribution in [0.25, 0.3) is 65.4 Å². The van der Waals surface area contributed by atoms with Crippen LogP contribution in [-0.2, 0) is 0 Å². The number of furan rings is 1. The smallest absolute Gasteiger partial charge is 0.143 e. The van der Waals surface area contributed by atoms with Crippen molar-refractivity contribution in [2.45, 2.75) is 0 Å². The number of anilines is 3. The minimum absolute atomic E-state index is 0.879. The first-order valence-electron chi connectivity index (χ1n) is 15.0. The highest BCUT2D eigenvalue weighted by molar-refractivity contribution is 6.15. The summed E-state index contributed by atoms with van der Waals surface area (Å²) in [6, 6.07) is 58.6. The van der Waals surface area contributed by atoms with E-state index in [0.717, 1.165) is 44.4 Å². The van der Waals surface area contributed by atoms with Crippen LogP contribution in [0.4, 0.5) is 17.1 Å². The number of nitrogens with zero attached hydrogens (tertiary/aromatic N) is 1. The van der Waals surface area contributed by atoms with Gasteiger partial charge in [0.25, 0.3) is 0 Å². The molecule has 0 aliphatic heterocycles. The fourth-order valence-corrected chi connectivity index (χ4v) is 6.67. The van der Waals surface area contributed by atoms with E-state index in [4.69, 9.17) is 4.42 Å². The maximum Gasteiger partial charge on any atom is 0.143 e. The first kappa shape index (κ1) is 24.7. The van der Waals surface area contributed by atoms with E-state index in [0.29, 0.717) is 0 Å². The average Bonchev–Trinajstić information content (AvgIpc) is 3.47. The fraction of sp³-hybridized carbons (Fsp3) is 0. The summed E-state index contributed by atoms with van der Waals surface area (Å²) < 4.78 is 6.61. The first-order chi connectivity index (χ1) is 21.8. The lowest BCUT2D eigenvalue weighted by atomic mass is 10.0. The fourth-order valence-electron chi connectivity index (χ4n) is 6.67. The van der Waals surface area contributed by atoms with E-state index in [1.165, 1.54) is 38.1 Å². The monoisotopic (exact) mass is 561 g/mol. The Morgan fingerprint density at radius 2 is 0.932 bits per heavy atom. The first-order valence-corrected chi connectivity index (χ1v) is 15.0. The molecule has 2 nitrogen and oxygen atoms in total. The highest BCUT2D eigenvalue weighted by atomic mass is 16.3. The van der Waals surface area contributed by atoms with Crippen molar-refractivity contribution >= 4 is 71.3 Å². The zero-order valence-electron chi connectivity index (χ0n) is 23.9. The highest BCUT2D eigenvalue weighted by Gasteiger charge is 2.18. The van der Waals surface area contributed by atoms with Gasteiger partial charge in [-0.25, -0.2) is 0 Å². The quantitative estimate of drug-likeness (QED) is 0.199. The summed E-state index contributed by atoms with van der Waals surface area (Å²) in [6.07, 6.45) is 0. The van der Waals surface area contributed by atoms with Gasteiger partial charge in [-0.15, -0.1) is 0 Å². The topological polar surface area (TPSA) is 16.4 Å². The molecule has 0 aliphatic carbocycles. The van der Waals surface area contributed by atoms with Crippen molar-refractivity contribution in [2.75, 3.05) is 4.90 Å². The Labute approximate surface area is 255 Å². The van der Waals surface area contributed by atoms with Gasteiger partial charge >= 0.3 is 0 Å². The molecule has 9 aromatic rings. The van der Waals surface area contributed by atoms with Crippen molar-refractivity contribution in [3.05, 3.63) is 164 Å². The molecule has 0 unspecified atom stereocenters. The van der Waals surface area contributed by atoms with Gasteiger partial charge in [-0.1, -0.05) is 115 Å². The molecule has 0 saturated carbocycles. The van der Waals surface area contributed by atoms with Crippen molar-refractivity contribution in [3.63, 3.8) is 0 Å². The number of benzene rings is 8. The van der Waals surface area contributed by atoms with E-state index in [2.05, 4.69) is 169 Å². The van der Waals surface area contributed by atoms with Gasteiger partial charge < -0.3 is 9.32 Å². The third-order valence-electron chi connectivity index (χ3n) is 8.80. The van der Waals surface area contributed by atoms with Gasteiger partial charge in [0, 0.05) is 39.3 Å². The lowest BCUT2D eigenvalue weighted by Gasteiger charge is -2.26. The van der Waals surface area contributed by atoms with Crippen LogP contribution in [0.15, 0.2) is 168 Å². The largest absolute Gasteiger partial charge is 0.455 e. The molecule has 1 aromatic heterocycles. The van der Waals surface area contributed by atoms with Crippen LogP contribution in [0.3, 0.4) is 0 Å². The molecule has 0 fully saturated rings. The van der Waals surface area contributed by atoms with E-state index in [-0.39, 0.29) is 0 Å².